The highest BCUT2D eigenvalue weighted by molar-refractivity contribution is 5.74. The zero-order valence-corrected chi connectivity index (χ0v) is 10.3. The number of ether oxygens (including phenoxy) is 2. The Kier molecular flexibility index (Phi) is 3.52. The van der Waals surface area contributed by atoms with E-state index in [2.05, 4.69) is 14.5 Å². The first-order chi connectivity index (χ1) is 8.93. The minimum absolute atomic E-state index is 0.0183. The van der Waals surface area contributed by atoms with Crippen molar-refractivity contribution in [2.24, 2.45) is 0 Å². The molecule has 1 aliphatic heterocycles. The summed E-state index contributed by atoms with van der Waals surface area (Å²) in [5, 5.41) is 1.06. The van der Waals surface area contributed by atoms with Crippen molar-refractivity contribution in [2.75, 3.05) is 13.2 Å². The molecule has 1 atom stereocenters. The number of hydrogen-bond donors (Lipinski definition) is 0. The van der Waals surface area contributed by atoms with Gasteiger partial charge in [0.1, 0.15) is 12.0 Å². The maximum atomic E-state index is 5.72. The molecule has 0 aromatic carbocycles. The Morgan fingerprint density at radius 3 is 3.33 bits per heavy atom. The number of aromatic nitrogens is 3. The standard InChI is InChI=1S/C13H17N3O2/c1-2-7-17-12(3-1)18-8-6-16-5-4-11-9-14-10-15-13(11)16/h4-5,9-10,12H,1-3,6-8H2. The molecule has 5 heteroatoms. The first kappa shape index (κ1) is 11.6. The molecule has 2 aromatic rings. The third-order valence-electron chi connectivity index (χ3n) is 3.20. The number of nitrogens with zero attached hydrogens (tertiary/aromatic N) is 3. The first-order valence-corrected chi connectivity index (χ1v) is 6.41. The molecule has 0 amide bonds. The Labute approximate surface area is 106 Å². The van der Waals surface area contributed by atoms with E-state index in [-0.39, 0.29) is 6.29 Å². The second kappa shape index (κ2) is 5.46. The Hall–Kier alpha value is -1.46. The van der Waals surface area contributed by atoms with Crippen molar-refractivity contribution in [3.05, 3.63) is 24.8 Å². The van der Waals surface area contributed by atoms with Crippen molar-refractivity contribution in [1.82, 2.24) is 14.5 Å². The van der Waals surface area contributed by atoms with Crippen molar-refractivity contribution in [2.45, 2.75) is 32.1 Å². The second-order valence-electron chi connectivity index (χ2n) is 4.48. The minimum atomic E-state index is -0.0183. The minimum Gasteiger partial charge on any atom is -0.353 e. The van der Waals surface area contributed by atoms with Crippen LogP contribution in [0.15, 0.2) is 24.8 Å². The molecule has 1 fully saturated rings. The summed E-state index contributed by atoms with van der Waals surface area (Å²) in [5.41, 5.74) is 0.957. The van der Waals surface area contributed by atoms with Crippen LogP contribution in [0.5, 0.6) is 0 Å². The summed E-state index contributed by atoms with van der Waals surface area (Å²) in [5.74, 6) is 0. The lowest BCUT2D eigenvalue weighted by Gasteiger charge is -2.22. The molecular formula is C13H17N3O2. The van der Waals surface area contributed by atoms with Crippen LogP contribution in [0.1, 0.15) is 19.3 Å². The highest BCUT2D eigenvalue weighted by atomic mass is 16.7. The molecule has 1 unspecified atom stereocenters. The van der Waals surface area contributed by atoms with Gasteiger partial charge in [0.15, 0.2) is 6.29 Å². The van der Waals surface area contributed by atoms with E-state index in [4.69, 9.17) is 9.47 Å². The van der Waals surface area contributed by atoms with Crippen LogP contribution in [0.25, 0.3) is 11.0 Å². The van der Waals surface area contributed by atoms with Gasteiger partial charge in [-0.25, -0.2) is 9.97 Å². The van der Waals surface area contributed by atoms with E-state index in [9.17, 15) is 0 Å². The van der Waals surface area contributed by atoms with Crippen LogP contribution in [-0.4, -0.2) is 34.0 Å². The zero-order chi connectivity index (χ0) is 12.2. The van der Waals surface area contributed by atoms with Crippen LogP contribution in [0.3, 0.4) is 0 Å². The van der Waals surface area contributed by atoms with Crippen molar-refractivity contribution < 1.29 is 9.47 Å². The summed E-state index contributed by atoms with van der Waals surface area (Å²) in [4.78, 5) is 8.28. The molecule has 2 aromatic heterocycles. The van der Waals surface area contributed by atoms with Crippen molar-refractivity contribution in [1.29, 1.82) is 0 Å². The number of hydrogen-bond acceptors (Lipinski definition) is 4. The van der Waals surface area contributed by atoms with Gasteiger partial charge in [0.2, 0.25) is 0 Å². The Balaban J connectivity index is 1.56. The average Bonchev–Trinajstić information content (AvgIpc) is 2.84. The topological polar surface area (TPSA) is 49.2 Å². The van der Waals surface area contributed by atoms with Crippen LogP contribution in [0, 0.1) is 0 Å². The van der Waals surface area contributed by atoms with E-state index in [1.165, 1.54) is 6.42 Å². The van der Waals surface area contributed by atoms with Gasteiger partial charge in [-0.1, -0.05) is 0 Å². The van der Waals surface area contributed by atoms with E-state index in [1.807, 2.05) is 18.5 Å². The summed E-state index contributed by atoms with van der Waals surface area (Å²) in [6, 6.07) is 2.02. The van der Waals surface area contributed by atoms with E-state index in [0.29, 0.717) is 6.61 Å². The van der Waals surface area contributed by atoms with Gasteiger partial charge in [0.05, 0.1) is 6.61 Å². The monoisotopic (exact) mass is 247 g/mol. The average molecular weight is 247 g/mol. The first-order valence-electron chi connectivity index (χ1n) is 6.41. The number of rotatable bonds is 4. The van der Waals surface area contributed by atoms with Crippen LogP contribution in [0.4, 0.5) is 0 Å². The summed E-state index contributed by atoms with van der Waals surface area (Å²) >= 11 is 0. The fourth-order valence-corrected chi connectivity index (χ4v) is 2.24. The molecule has 3 rings (SSSR count). The normalized spacial score (nSPS) is 20.3. The molecular weight excluding hydrogens is 230 g/mol. The van der Waals surface area contributed by atoms with Gasteiger partial charge in [-0.15, -0.1) is 0 Å². The van der Waals surface area contributed by atoms with E-state index in [1.54, 1.807) is 6.33 Å². The van der Waals surface area contributed by atoms with E-state index >= 15 is 0 Å². The maximum absolute atomic E-state index is 5.72. The lowest BCUT2D eigenvalue weighted by molar-refractivity contribution is -0.163. The highest BCUT2D eigenvalue weighted by Gasteiger charge is 2.13. The van der Waals surface area contributed by atoms with Gasteiger partial charge in [0.25, 0.3) is 0 Å². The smallest absolute Gasteiger partial charge is 0.157 e. The molecule has 0 N–H and O–H groups in total. The predicted octanol–water partition coefficient (Wildman–Crippen LogP) is 1.97. The summed E-state index contributed by atoms with van der Waals surface area (Å²) in [6.45, 7) is 2.27. The molecule has 0 saturated carbocycles. The second-order valence-corrected chi connectivity index (χ2v) is 4.48. The van der Waals surface area contributed by atoms with Crippen molar-refractivity contribution in [3.8, 4) is 0 Å². The van der Waals surface area contributed by atoms with E-state index in [0.717, 1.165) is 37.0 Å². The highest BCUT2D eigenvalue weighted by Crippen LogP contribution is 2.14. The molecule has 18 heavy (non-hydrogen) atoms. The molecule has 5 nitrogen and oxygen atoms in total. The maximum Gasteiger partial charge on any atom is 0.157 e. The van der Waals surface area contributed by atoms with Gasteiger partial charge in [-0.05, 0) is 25.3 Å². The lowest BCUT2D eigenvalue weighted by Crippen LogP contribution is -2.23. The van der Waals surface area contributed by atoms with Gasteiger partial charge in [-0.2, -0.15) is 0 Å². The van der Waals surface area contributed by atoms with E-state index < -0.39 is 0 Å². The van der Waals surface area contributed by atoms with Crippen LogP contribution < -0.4 is 0 Å². The molecule has 3 heterocycles. The molecule has 1 aliphatic rings. The Morgan fingerprint density at radius 2 is 2.44 bits per heavy atom. The molecule has 96 valence electrons. The number of fused-ring (bicyclic) bond motifs is 1. The van der Waals surface area contributed by atoms with Crippen LogP contribution >= 0.6 is 0 Å². The third kappa shape index (κ3) is 2.52. The molecule has 0 radical (unpaired) electrons. The fourth-order valence-electron chi connectivity index (χ4n) is 2.24. The molecule has 0 spiro atoms. The Morgan fingerprint density at radius 1 is 1.44 bits per heavy atom. The SMILES string of the molecule is c1ncc2ccn(CCOC3CCCCO3)c2n1. The zero-order valence-electron chi connectivity index (χ0n) is 10.3. The summed E-state index contributed by atoms with van der Waals surface area (Å²) < 4.78 is 13.3. The summed E-state index contributed by atoms with van der Waals surface area (Å²) in [7, 11) is 0. The fraction of sp³-hybridized carbons (Fsp3) is 0.538. The Bertz CT molecular complexity index is 506. The molecule has 1 saturated heterocycles. The largest absolute Gasteiger partial charge is 0.353 e. The third-order valence-corrected chi connectivity index (χ3v) is 3.20. The van der Waals surface area contributed by atoms with Crippen molar-refractivity contribution >= 4 is 11.0 Å². The van der Waals surface area contributed by atoms with Crippen molar-refractivity contribution in [3.63, 3.8) is 0 Å². The predicted molar refractivity (Wildman–Crippen MR) is 67.1 cm³/mol. The van der Waals surface area contributed by atoms with Gasteiger partial charge >= 0.3 is 0 Å². The molecule has 0 bridgehead atoms. The van der Waals surface area contributed by atoms with Gasteiger partial charge in [0, 0.05) is 30.9 Å². The quantitative estimate of drug-likeness (QED) is 0.829. The summed E-state index contributed by atoms with van der Waals surface area (Å²) in [6.07, 6.45) is 8.76. The van der Waals surface area contributed by atoms with Crippen LogP contribution in [-0.2, 0) is 16.0 Å². The lowest BCUT2D eigenvalue weighted by atomic mass is 10.2. The van der Waals surface area contributed by atoms with Gasteiger partial charge in [-0.3, -0.25) is 0 Å². The molecule has 0 aliphatic carbocycles. The van der Waals surface area contributed by atoms with Crippen LogP contribution in [0.2, 0.25) is 0 Å². The van der Waals surface area contributed by atoms with Gasteiger partial charge < -0.3 is 14.0 Å².